The van der Waals surface area contributed by atoms with Gasteiger partial charge in [0, 0.05) is 12.6 Å². The summed E-state index contributed by atoms with van der Waals surface area (Å²) in [6, 6.07) is 13.6. The van der Waals surface area contributed by atoms with E-state index >= 15 is 0 Å². The third kappa shape index (κ3) is 4.80. The molecule has 0 heterocycles. The molecular formula is C19H22FNO3S. The largest absolute Gasteiger partial charge is 0.497 e. The fraction of sp³-hybridized carbons (Fsp3) is 0.368. The van der Waals surface area contributed by atoms with Crippen LogP contribution in [0.1, 0.15) is 24.0 Å². The van der Waals surface area contributed by atoms with Gasteiger partial charge >= 0.3 is 0 Å². The predicted molar refractivity (Wildman–Crippen MR) is 95.4 cm³/mol. The molecule has 6 heteroatoms. The molecule has 0 aromatic heterocycles. The van der Waals surface area contributed by atoms with Crippen molar-refractivity contribution in [1.82, 2.24) is 4.31 Å². The van der Waals surface area contributed by atoms with Gasteiger partial charge in [0.1, 0.15) is 11.6 Å². The third-order valence-electron chi connectivity index (χ3n) is 4.35. The molecule has 2 aromatic carbocycles. The number of nitrogens with zero attached hydrogens (tertiary/aromatic N) is 1. The molecule has 134 valence electrons. The van der Waals surface area contributed by atoms with Gasteiger partial charge in [0.25, 0.3) is 0 Å². The van der Waals surface area contributed by atoms with Crippen molar-refractivity contribution in [2.45, 2.75) is 31.8 Å². The summed E-state index contributed by atoms with van der Waals surface area (Å²) in [5.41, 5.74) is 1.63. The lowest BCUT2D eigenvalue weighted by Gasteiger charge is -2.22. The van der Waals surface area contributed by atoms with Crippen LogP contribution in [-0.2, 0) is 23.0 Å². The van der Waals surface area contributed by atoms with Crippen molar-refractivity contribution in [1.29, 1.82) is 0 Å². The molecule has 0 saturated heterocycles. The van der Waals surface area contributed by atoms with Crippen LogP contribution in [0.4, 0.5) is 4.39 Å². The minimum Gasteiger partial charge on any atom is -0.497 e. The van der Waals surface area contributed by atoms with Gasteiger partial charge < -0.3 is 4.74 Å². The number of benzene rings is 2. The molecule has 0 spiro atoms. The third-order valence-corrected chi connectivity index (χ3v) is 6.21. The minimum atomic E-state index is -3.40. The van der Waals surface area contributed by atoms with Gasteiger partial charge in [0.2, 0.25) is 10.0 Å². The number of hydrogen-bond donors (Lipinski definition) is 0. The Labute approximate surface area is 148 Å². The number of aryl methyl sites for hydroxylation is 1. The maximum atomic E-state index is 13.3. The van der Waals surface area contributed by atoms with Gasteiger partial charge in [-0.05, 0) is 54.7 Å². The van der Waals surface area contributed by atoms with Crippen molar-refractivity contribution >= 4 is 10.0 Å². The zero-order chi connectivity index (χ0) is 17.9. The first kappa shape index (κ1) is 17.9. The summed E-state index contributed by atoms with van der Waals surface area (Å²) in [6.45, 7) is 0.361. The van der Waals surface area contributed by atoms with E-state index in [1.807, 2.05) is 24.3 Å². The van der Waals surface area contributed by atoms with Crippen LogP contribution in [0.15, 0.2) is 48.5 Å². The number of ether oxygens (including phenoxy) is 1. The zero-order valence-electron chi connectivity index (χ0n) is 14.2. The highest BCUT2D eigenvalue weighted by Gasteiger charge is 2.36. The second kappa shape index (κ2) is 7.54. The van der Waals surface area contributed by atoms with Crippen molar-refractivity contribution in [2.24, 2.45) is 0 Å². The molecule has 2 aromatic rings. The van der Waals surface area contributed by atoms with Crippen molar-refractivity contribution in [3.63, 3.8) is 0 Å². The molecule has 0 atom stereocenters. The minimum absolute atomic E-state index is 0.0108. The molecule has 0 bridgehead atoms. The maximum absolute atomic E-state index is 13.3. The number of methoxy groups -OCH3 is 1. The molecule has 1 aliphatic carbocycles. The second-order valence-electron chi connectivity index (χ2n) is 6.32. The average molecular weight is 363 g/mol. The molecule has 4 nitrogen and oxygen atoms in total. The van der Waals surface area contributed by atoms with E-state index in [9.17, 15) is 12.8 Å². The highest BCUT2D eigenvalue weighted by Crippen LogP contribution is 2.31. The van der Waals surface area contributed by atoms with Gasteiger partial charge in [-0.1, -0.05) is 24.3 Å². The Kier molecular flexibility index (Phi) is 5.39. The van der Waals surface area contributed by atoms with Crippen LogP contribution in [0.25, 0.3) is 0 Å². The number of rotatable bonds is 8. The van der Waals surface area contributed by atoms with Gasteiger partial charge in [0.05, 0.1) is 12.9 Å². The lowest BCUT2D eigenvalue weighted by molar-refractivity contribution is 0.397. The van der Waals surface area contributed by atoms with Gasteiger partial charge in [-0.15, -0.1) is 0 Å². The van der Waals surface area contributed by atoms with E-state index in [4.69, 9.17) is 4.74 Å². The molecule has 1 fully saturated rings. The Morgan fingerprint density at radius 1 is 1.12 bits per heavy atom. The first-order valence-corrected chi connectivity index (χ1v) is 9.96. The quantitative estimate of drug-likeness (QED) is 0.722. The summed E-state index contributed by atoms with van der Waals surface area (Å²) in [7, 11) is -1.80. The Hall–Kier alpha value is -1.92. The summed E-state index contributed by atoms with van der Waals surface area (Å²) in [5, 5.41) is 0. The Balaban J connectivity index is 1.69. The van der Waals surface area contributed by atoms with Gasteiger partial charge in [0.15, 0.2) is 0 Å². The highest BCUT2D eigenvalue weighted by molar-refractivity contribution is 7.89. The van der Waals surface area contributed by atoms with E-state index in [0.717, 1.165) is 24.2 Å². The van der Waals surface area contributed by atoms with Gasteiger partial charge in [-0.25, -0.2) is 12.8 Å². The van der Waals surface area contributed by atoms with Crippen LogP contribution in [0.3, 0.4) is 0 Å². The normalized spacial score (nSPS) is 14.7. The van der Waals surface area contributed by atoms with E-state index in [-0.39, 0.29) is 17.6 Å². The van der Waals surface area contributed by atoms with E-state index in [2.05, 4.69) is 0 Å². The fourth-order valence-corrected chi connectivity index (χ4v) is 4.52. The first-order chi connectivity index (χ1) is 12.0. The first-order valence-electron chi connectivity index (χ1n) is 8.35. The monoisotopic (exact) mass is 363 g/mol. The van der Waals surface area contributed by atoms with Crippen LogP contribution in [0, 0.1) is 5.82 Å². The summed E-state index contributed by atoms with van der Waals surface area (Å²) < 4.78 is 45.6. The van der Waals surface area contributed by atoms with Gasteiger partial charge in [-0.3, -0.25) is 0 Å². The SMILES string of the molecule is COc1ccc(CN(C2CC2)S(=O)(=O)CCc2cccc(F)c2)cc1. The molecule has 3 rings (SSSR count). The smallest absolute Gasteiger partial charge is 0.214 e. The van der Waals surface area contributed by atoms with Crippen LogP contribution in [-0.4, -0.2) is 31.6 Å². The summed E-state index contributed by atoms with van der Waals surface area (Å²) in [4.78, 5) is 0. The predicted octanol–water partition coefficient (Wildman–Crippen LogP) is 3.37. The molecule has 0 radical (unpaired) electrons. The highest BCUT2D eigenvalue weighted by atomic mass is 32.2. The molecule has 0 unspecified atom stereocenters. The van der Waals surface area contributed by atoms with E-state index in [1.165, 1.54) is 12.1 Å². The Morgan fingerprint density at radius 2 is 1.84 bits per heavy atom. The van der Waals surface area contributed by atoms with Crippen molar-refractivity contribution in [2.75, 3.05) is 12.9 Å². The zero-order valence-corrected chi connectivity index (χ0v) is 15.0. The fourth-order valence-electron chi connectivity index (χ4n) is 2.78. The molecule has 0 amide bonds. The van der Waals surface area contributed by atoms with Crippen LogP contribution in [0.2, 0.25) is 0 Å². The van der Waals surface area contributed by atoms with E-state index in [0.29, 0.717) is 18.5 Å². The van der Waals surface area contributed by atoms with Crippen LogP contribution in [0.5, 0.6) is 5.75 Å². The molecule has 25 heavy (non-hydrogen) atoms. The molecule has 1 saturated carbocycles. The topological polar surface area (TPSA) is 46.6 Å². The van der Waals surface area contributed by atoms with Crippen molar-refractivity contribution < 1.29 is 17.5 Å². The Morgan fingerprint density at radius 3 is 2.44 bits per heavy atom. The maximum Gasteiger partial charge on any atom is 0.214 e. The Bertz CT molecular complexity index is 817. The molecule has 0 aliphatic heterocycles. The molecule has 0 N–H and O–H groups in total. The molecule has 1 aliphatic rings. The average Bonchev–Trinajstić information content (AvgIpc) is 3.43. The van der Waals surface area contributed by atoms with Gasteiger partial charge in [-0.2, -0.15) is 4.31 Å². The second-order valence-corrected chi connectivity index (χ2v) is 8.36. The van der Waals surface area contributed by atoms with Crippen molar-refractivity contribution in [3.05, 3.63) is 65.5 Å². The van der Waals surface area contributed by atoms with Crippen LogP contribution < -0.4 is 4.74 Å². The standard InChI is InChI=1S/C19H22FNO3S/c1-24-19-9-5-16(6-10-19)14-21(18-7-8-18)25(22,23)12-11-15-3-2-4-17(20)13-15/h2-6,9-10,13,18H,7-8,11-12,14H2,1H3. The van der Waals surface area contributed by atoms with Crippen LogP contribution >= 0.6 is 0 Å². The lowest BCUT2D eigenvalue weighted by atomic mass is 10.2. The summed E-state index contributed by atoms with van der Waals surface area (Å²) in [5.74, 6) is 0.395. The number of halogens is 1. The number of hydrogen-bond acceptors (Lipinski definition) is 3. The van der Waals surface area contributed by atoms with Crippen molar-refractivity contribution in [3.8, 4) is 5.75 Å². The lowest BCUT2D eigenvalue weighted by Crippen LogP contribution is -2.35. The summed E-state index contributed by atoms with van der Waals surface area (Å²) in [6.07, 6.45) is 2.11. The number of sulfonamides is 1. The van der Waals surface area contributed by atoms with E-state index < -0.39 is 10.0 Å². The molecular weight excluding hydrogens is 341 g/mol. The summed E-state index contributed by atoms with van der Waals surface area (Å²) >= 11 is 0. The van der Waals surface area contributed by atoms with E-state index in [1.54, 1.807) is 23.5 Å².